The Bertz CT molecular complexity index is 1250. The van der Waals surface area contributed by atoms with Gasteiger partial charge in [0.05, 0.1) is 32.4 Å². The van der Waals surface area contributed by atoms with Crippen molar-refractivity contribution in [2.45, 2.75) is 19.9 Å². The van der Waals surface area contributed by atoms with Gasteiger partial charge in [-0.15, -0.1) is 0 Å². The third kappa shape index (κ3) is 6.01. The molecule has 0 saturated carbocycles. The van der Waals surface area contributed by atoms with E-state index in [4.69, 9.17) is 14.2 Å². The number of benzene rings is 2. The summed E-state index contributed by atoms with van der Waals surface area (Å²) in [5, 5.41) is 2.93. The molecule has 0 spiro atoms. The number of carbonyl (C=O) groups is 3. The zero-order chi connectivity index (χ0) is 28.1. The van der Waals surface area contributed by atoms with Crippen molar-refractivity contribution in [2.24, 2.45) is 0 Å². The number of carbonyl (C=O) groups excluding carboxylic acids is 3. The lowest BCUT2D eigenvalue weighted by molar-refractivity contribution is -0.139. The van der Waals surface area contributed by atoms with Crippen molar-refractivity contribution in [2.75, 3.05) is 60.6 Å². The number of hydrogen-bond donors (Lipinski definition) is 1. The normalized spacial score (nSPS) is 18.1. The molecule has 0 aliphatic carbocycles. The molecule has 39 heavy (non-hydrogen) atoms. The Balaban J connectivity index is 1.59. The van der Waals surface area contributed by atoms with Crippen LogP contribution in [0.1, 0.15) is 34.5 Å². The molecule has 3 amide bonds. The van der Waals surface area contributed by atoms with Crippen molar-refractivity contribution in [3.8, 4) is 11.5 Å². The second-order valence-corrected chi connectivity index (χ2v) is 9.57. The summed E-state index contributed by atoms with van der Waals surface area (Å²) in [7, 11) is 4.72. The number of ether oxygens (including phenoxy) is 3. The fourth-order valence-electron chi connectivity index (χ4n) is 4.88. The molecular formula is C29H36N4O6. The Morgan fingerprint density at radius 1 is 0.974 bits per heavy atom. The monoisotopic (exact) mass is 536 g/mol. The summed E-state index contributed by atoms with van der Waals surface area (Å²) in [6.07, 6.45) is 0. The molecule has 4 rings (SSSR count). The van der Waals surface area contributed by atoms with E-state index < -0.39 is 12.0 Å². The Morgan fingerprint density at radius 2 is 1.64 bits per heavy atom. The molecule has 1 fully saturated rings. The second-order valence-electron chi connectivity index (χ2n) is 9.57. The summed E-state index contributed by atoms with van der Waals surface area (Å²) in [5.41, 5.74) is 3.37. The van der Waals surface area contributed by atoms with E-state index in [2.05, 4.69) is 10.2 Å². The molecule has 0 aromatic heterocycles. The highest BCUT2D eigenvalue weighted by Crippen LogP contribution is 2.36. The van der Waals surface area contributed by atoms with Gasteiger partial charge < -0.3 is 24.4 Å². The van der Waals surface area contributed by atoms with Gasteiger partial charge in [-0.1, -0.05) is 23.8 Å². The number of amides is 3. The van der Waals surface area contributed by atoms with Crippen LogP contribution in [0.25, 0.3) is 0 Å². The number of methoxy groups -OCH3 is 2. The second kappa shape index (κ2) is 12.2. The SMILES string of the molecule is CCOC(=O)C1=C(CN2CCN(C(=O)c3ccc(C)cc3)CC2)N(C)C(=O)NC1c1ccc(OC)c(OC)c1. The van der Waals surface area contributed by atoms with E-state index in [1.165, 1.54) is 12.0 Å². The van der Waals surface area contributed by atoms with Gasteiger partial charge in [-0.2, -0.15) is 0 Å². The molecule has 10 heteroatoms. The van der Waals surface area contributed by atoms with Crippen LogP contribution in [0.15, 0.2) is 53.7 Å². The number of hydrogen-bond acceptors (Lipinski definition) is 7. The van der Waals surface area contributed by atoms with E-state index in [0.29, 0.717) is 66.6 Å². The Labute approximate surface area is 229 Å². The highest BCUT2D eigenvalue weighted by molar-refractivity contribution is 5.95. The van der Waals surface area contributed by atoms with E-state index in [9.17, 15) is 14.4 Å². The molecule has 2 heterocycles. The molecule has 1 saturated heterocycles. The van der Waals surface area contributed by atoms with Gasteiger partial charge in [-0.25, -0.2) is 9.59 Å². The maximum Gasteiger partial charge on any atom is 0.338 e. The summed E-state index contributed by atoms with van der Waals surface area (Å²) in [5.74, 6) is 0.541. The number of rotatable bonds is 8. The molecule has 2 aliphatic rings. The Kier molecular flexibility index (Phi) is 8.75. The van der Waals surface area contributed by atoms with Gasteiger partial charge in [-0.05, 0) is 43.7 Å². The number of nitrogens with one attached hydrogen (secondary N) is 1. The Hall–Kier alpha value is -4.05. The van der Waals surface area contributed by atoms with Crippen LogP contribution in [-0.2, 0) is 9.53 Å². The molecule has 2 aromatic rings. The van der Waals surface area contributed by atoms with Gasteiger partial charge in [0.15, 0.2) is 11.5 Å². The number of aryl methyl sites for hydroxylation is 1. The minimum Gasteiger partial charge on any atom is -0.493 e. The zero-order valence-corrected chi connectivity index (χ0v) is 23.2. The van der Waals surface area contributed by atoms with Crippen LogP contribution < -0.4 is 14.8 Å². The average Bonchev–Trinajstić information content (AvgIpc) is 2.95. The van der Waals surface area contributed by atoms with Crippen molar-refractivity contribution >= 4 is 17.9 Å². The summed E-state index contributed by atoms with van der Waals surface area (Å²) in [6.45, 7) is 6.60. The van der Waals surface area contributed by atoms with Crippen LogP contribution in [0, 0.1) is 6.92 Å². The number of esters is 1. The number of urea groups is 1. The standard InChI is InChI=1S/C29H36N4O6/c1-6-39-28(35)25-22(18-32-13-15-33(16-14-32)27(34)20-9-7-19(2)8-10-20)31(3)29(36)30-26(25)21-11-12-23(37-4)24(17-21)38-5/h7-12,17,26H,6,13-16,18H2,1-5H3,(H,30,36). The number of likely N-dealkylation sites (N-methyl/N-ethyl adjacent to an activating group) is 1. The van der Waals surface area contributed by atoms with E-state index >= 15 is 0 Å². The molecule has 10 nitrogen and oxygen atoms in total. The molecule has 2 aromatic carbocycles. The molecular weight excluding hydrogens is 500 g/mol. The van der Waals surface area contributed by atoms with Gasteiger partial charge in [-0.3, -0.25) is 14.6 Å². The first-order valence-corrected chi connectivity index (χ1v) is 13.0. The van der Waals surface area contributed by atoms with Gasteiger partial charge >= 0.3 is 12.0 Å². The van der Waals surface area contributed by atoms with E-state index in [1.807, 2.05) is 36.1 Å². The summed E-state index contributed by atoms with van der Waals surface area (Å²) < 4.78 is 16.2. The van der Waals surface area contributed by atoms with Crippen LogP contribution in [0.5, 0.6) is 11.5 Å². The summed E-state index contributed by atoms with van der Waals surface area (Å²) >= 11 is 0. The van der Waals surface area contributed by atoms with Crippen LogP contribution in [-0.4, -0.2) is 93.2 Å². The van der Waals surface area contributed by atoms with Crippen molar-refractivity contribution in [3.05, 3.63) is 70.4 Å². The van der Waals surface area contributed by atoms with Crippen LogP contribution >= 0.6 is 0 Å². The van der Waals surface area contributed by atoms with E-state index in [-0.39, 0.29) is 18.5 Å². The van der Waals surface area contributed by atoms with Gasteiger partial charge in [0, 0.05) is 51.0 Å². The lowest BCUT2D eigenvalue weighted by Gasteiger charge is -2.39. The summed E-state index contributed by atoms with van der Waals surface area (Å²) in [6, 6.07) is 11.8. The van der Waals surface area contributed by atoms with Gasteiger partial charge in [0.25, 0.3) is 5.91 Å². The number of piperazine rings is 1. The smallest absolute Gasteiger partial charge is 0.338 e. The van der Waals surface area contributed by atoms with Crippen LogP contribution in [0.4, 0.5) is 4.79 Å². The topological polar surface area (TPSA) is 101 Å². The lowest BCUT2D eigenvalue weighted by Crippen LogP contribution is -2.53. The highest BCUT2D eigenvalue weighted by atomic mass is 16.5. The minimum atomic E-state index is -0.730. The fourth-order valence-corrected chi connectivity index (χ4v) is 4.88. The first-order chi connectivity index (χ1) is 18.8. The predicted octanol–water partition coefficient (Wildman–Crippen LogP) is 2.98. The molecule has 208 valence electrons. The van der Waals surface area contributed by atoms with Gasteiger partial charge in [0.2, 0.25) is 0 Å². The van der Waals surface area contributed by atoms with Crippen molar-refractivity contribution in [3.63, 3.8) is 0 Å². The average molecular weight is 537 g/mol. The maximum atomic E-state index is 13.3. The lowest BCUT2D eigenvalue weighted by atomic mass is 9.94. The van der Waals surface area contributed by atoms with Crippen molar-refractivity contribution in [1.29, 1.82) is 0 Å². The fraction of sp³-hybridized carbons (Fsp3) is 0.414. The molecule has 0 radical (unpaired) electrons. The van der Waals surface area contributed by atoms with Crippen molar-refractivity contribution in [1.82, 2.24) is 20.0 Å². The molecule has 2 aliphatic heterocycles. The first-order valence-electron chi connectivity index (χ1n) is 13.0. The zero-order valence-electron chi connectivity index (χ0n) is 23.2. The van der Waals surface area contributed by atoms with Gasteiger partial charge in [0.1, 0.15) is 0 Å². The predicted molar refractivity (Wildman–Crippen MR) is 146 cm³/mol. The maximum absolute atomic E-state index is 13.3. The minimum absolute atomic E-state index is 0.00348. The van der Waals surface area contributed by atoms with Crippen LogP contribution in [0.3, 0.4) is 0 Å². The molecule has 1 unspecified atom stereocenters. The van der Waals surface area contributed by atoms with E-state index in [0.717, 1.165) is 5.56 Å². The van der Waals surface area contributed by atoms with Crippen molar-refractivity contribution < 1.29 is 28.6 Å². The molecule has 0 bridgehead atoms. The third-order valence-electron chi connectivity index (χ3n) is 7.14. The summed E-state index contributed by atoms with van der Waals surface area (Å²) in [4.78, 5) is 44.8. The quantitative estimate of drug-likeness (QED) is 0.518. The third-order valence-corrected chi connectivity index (χ3v) is 7.14. The molecule has 1 N–H and O–H groups in total. The van der Waals surface area contributed by atoms with E-state index in [1.54, 1.807) is 39.3 Å². The first kappa shape index (κ1) is 28.0. The Morgan fingerprint density at radius 3 is 2.26 bits per heavy atom. The highest BCUT2D eigenvalue weighted by Gasteiger charge is 2.38. The van der Waals surface area contributed by atoms with Crippen LogP contribution in [0.2, 0.25) is 0 Å². The largest absolute Gasteiger partial charge is 0.493 e. The molecule has 1 atom stereocenters. The number of nitrogens with zero attached hydrogens (tertiary/aromatic N) is 3.